The normalized spacial score (nSPS) is 25.4. The van der Waals surface area contributed by atoms with Gasteiger partial charge in [0.2, 0.25) is 0 Å². The fraction of sp³-hybridized carbons (Fsp3) is 0.429. The van der Waals surface area contributed by atoms with Crippen LogP contribution in [0.15, 0.2) is 30.3 Å². The molecule has 0 radical (unpaired) electrons. The van der Waals surface area contributed by atoms with E-state index in [4.69, 9.17) is 0 Å². The Morgan fingerprint density at radius 2 is 1.88 bits per heavy atom. The minimum absolute atomic E-state index is 0.0635. The lowest BCUT2D eigenvalue weighted by molar-refractivity contribution is -0.129. The van der Waals surface area contributed by atoms with Crippen molar-refractivity contribution in [2.45, 2.75) is 32.1 Å². The van der Waals surface area contributed by atoms with Gasteiger partial charge in [0, 0.05) is 18.8 Å². The molecule has 2 atom stereocenters. The molecule has 0 saturated heterocycles. The molecule has 0 aromatic heterocycles. The molecule has 2 heteroatoms. The van der Waals surface area contributed by atoms with Crippen LogP contribution in [0.5, 0.6) is 0 Å². The molecule has 0 bridgehead atoms. The van der Waals surface area contributed by atoms with Gasteiger partial charge in [-0.15, -0.1) is 0 Å². The van der Waals surface area contributed by atoms with Gasteiger partial charge in [0.1, 0.15) is 11.6 Å². The number of Topliss-reactive ketones (excluding diaryl/α,β-unsaturated/α-hetero) is 2. The van der Waals surface area contributed by atoms with E-state index in [1.165, 1.54) is 5.56 Å². The average Bonchev–Trinajstić information content (AvgIpc) is 2.29. The van der Waals surface area contributed by atoms with Crippen LogP contribution < -0.4 is 0 Å². The first-order chi connectivity index (χ1) is 7.66. The molecule has 1 aliphatic carbocycles. The second kappa shape index (κ2) is 4.60. The summed E-state index contributed by atoms with van der Waals surface area (Å²) in [6.45, 7) is 1.59. The lowest BCUT2D eigenvalue weighted by Gasteiger charge is -2.26. The molecular formula is C14H16O2. The van der Waals surface area contributed by atoms with E-state index in [-0.39, 0.29) is 23.4 Å². The van der Waals surface area contributed by atoms with Crippen LogP contribution in [0.4, 0.5) is 0 Å². The maximum Gasteiger partial charge on any atom is 0.134 e. The number of hydrogen-bond donors (Lipinski definition) is 0. The van der Waals surface area contributed by atoms with Gasteiger partial charge in [-0.1, -0.05) is 30.3 Å². The van der Waals surface area contributed by atoms with Gasteiger partial charge in [0.15, 0.2) is 0 Å². The number of carbonyl (C=O) groups excluding carboxylic acids is 2. The first-order valence-corrected chi connectivity index (χ1v) is 5.74. The predicted molar refractivity (Wildman–Crippen MR) is 62.2 cm³/mol. The van der Waals surface area contributed by atoms with Crippen LogP contribution in [0.2, 0.25) is 0 Å². The second-order valence-corrected chi connectivity index (χ2v) is 4.60. The summed E-state index contributed by atoms with van der Waals surface area (Å²) in [5, 5.41) is 0. The van der Waals surface area contributed by atoms with Crippen molar-refractivity contribution in [1.29, 1.82) is 0 Å². The molecule has 84 valence electrons. The van der Waals surface area contributed by atoms with Gasteiger partial charge in [0.25, 0.3) is 0 Å². The Balaban J connectivity index is 2.17. The largest absolute Gasteiger partial charge is 0.300 e. The molecule has 0 heterocycles. The Kier molecular flexibility index (Phi) is 3.18. The van der Waals surface area contributed by atoms with E-state index >= 15 is 0 Å². The smallest absolute Gasteiger partial charge is 0.134 e. The van der Waals surface area contributed by atoms with Crippen molar-refractivity contribution in [3.05, 3.63) is 35.9 Å². The van der Waals surface area contributed by atoms with Gasteiger partial charge in [-0.05, 0) is 24.8 Å². The number of benzene rings is 1. The Morgan fingerprint density at radius 1 is 1.19 bits per heavy atom. The lowest BCUT2D eigenvalue weighted by Crippen LogP contribution is -2.25. The van der Waals surface area contributed by atoms with Crippen molar-refractivity contribution >= 4 is 11.6 Å². The molecule has 1 fully saturated rings. The zero-order valence-electron chi connectivity index (χ0n) is 9.48. The van der Waals surface area contributed by atoms with Crippen LogP contribution in [0.1, 0.15) is 37.7 Å². The van der Waals surface area contributed by atoms with Crippen molar-refractivity contribution in [3.63, 3.8) is 0 Å². The zero-order valence-corrected chi connectivity index (χ0v) is 9.48. The molecule has 0 spiro atoms. The Hall–Kier alpha value is -1.44. The molecule has 1 saturated carbocycles. The minimum Gasteiger partial charge on any atom is -0.300 e. The predicted octanol–water partition coefficient (Wildman–Crippen LogP) is 2.73. The van der Waals surface area contributed by atoms with E-state index in [9.17, 15) is 9.59 Å². The number of rotatable bonds is 2. The summed E-state index contributed by atoms with van der Waals surface area (Å²) < 4.78 is 0. The van der Waals surface area contributed by atoms with Crippen LogP contribution in [-0.4, -0.2) is 11.6 Å². The highest BCUT2D eigenvalue weighted by molar-refractivity contribution is 5.88. The summed E-state index contributed by atoms with van der Waals surface area (Å²) in [7, 11) is 0. The molecule has 0 amide bonds. The van der Waals surface area contributed by atoms with Gasteiger partial charge < -0.3 is 0 Å². The van der Waals surface area contributed by atoms with Crippen LogP contribution in [0.3, 0.4) is 0 Å². The van der Waals surface area contributed by atoms with Gasteiger partial charge in [-0.2, -0.15) is 0 Å². The van der Waals surface area contributed by atoms with Crippen molar-refractivity contribution in [2.75, 3.05) is 0 Å². The van der Waals surface area contributed by atoms with E-state index < -0.39 is 0 Å². The number of carbonyl (C=O) groups is 2. The second-order valence-electron chi connectivity index (χ2n) is 4.60. The van der Waals surface area contributed by atoms with Crippen molar-refractivity contribution in [3.8, 4) is 0 Å². The highest BCUT2D eigenvalue weighted by Gasteiger charge is 2.30. The third kappa shape index (κ3) is 2.38. The van der Waals surface area contributed by atoms with Crippen LogP contribution in [-0.2, 0) is 9.59 Å². The first kappa shape index (κ1) is 11.1. The Labute approximate surface area is 95.7 Å². The van der Waals surface area contributed by atoms with Crippen LogP contribution in [0, 0.1) is 5.92 Å². The quantitative estimate of drug-likeness (QED) is 0.761. The monoisotopic (exact) mass is 216 g/mol. The number of ketones is 2. The van der Waals surface area contributed by atoms with Crippen LogP contribution >= 0.6 is 0 Å². The fourth-order valence-corrected chi connectivity index (χ4v) is 2.43. The summed E-state index contributed by atoms with van der Waals surface area (Å²) in [5.74, 6) is 0.539. The van der Waals surface area contributed by atoms with Gasteiger partial charge in [0.05, 0.1) is 0 Å². The molecule has 0 aliphatic heterocycles. The average molecular weight is 216 g/mol. The molecule has 0 N–H and O–H groups in total. The molecule has 2 unspecified atom stereocenters. The van der Waals surface area contributed by atoms with Gasteiger partial charge in [-0.3, -0.25) is 9.59 Å². The summed E-state index contributed by atoms with van der Waals surface area (Å²) in [6.07, 6.45) is 1.86. The molecule has 2 rings (SSSR count). The maximum absolute atomic E-state index is 11.6. The van der Waals surface area contributed by atoms with Crippen molar-refractivity contribution < 1.29 is 9.59 Å². The van der Waals surface area contributed by atoms with E-state index in [1.54, 1.807) is 6.92 Å². The third-order valence-corrected chi connectivity index (χ3v) is 3.36. The van der Waals surface area contributed by atoms with Crippen molar-refractivity contribution in [1.82, 2.24) is 0 Å². The highest BCUT2D eigenvalue weighted by Crippen LogP contribution is 2.34. The maximum atomic E-state index is 11.6. The van der Waals surface area contributed by atoms with E-state index in [0.717, 1.165) is 6.42 Å². The standard InChI is InChI=1S/C14H16O2/c1-10(15)12-7-13(9-14(16)8-12)11-5-3-2-4-6-11/h2-6,12-13H,7-9H2,1H3. The summed E-state index contributed by atoms with van der Waals surface area (Å²) in [5.41, 5.74) is 1.18. The highest BCUT2D eigenvalue weighted by atomic mass is 16.1. The van der Waals surface area contributed by atoms with Crippen LogP contribution in [0.25, 0.3) is 0 Å². The topological polar surface area (TPSA) is 34.1 Å². The first-order valence-electron chi connectivity index (χ1n) is 5.74. The molecule has 1 aromatic carbocycles. The molecule has 1 aromatic rings. The zero-order chi connectivity index (χ0) is 11.5. The minimum atomic E-state index is -0.0635. The van der Waals surface area contributed by atoms with Crippen molar-refractivity contribution in [2.24, 2.45) is 5.92 Å². The lowest BCUT2D eigenvalue weighted by atomic mass is 9.76. The molecule has 16 heavy (non-hydrogen) atoms. The molecular weight excluding hydrogens is 200 g/mol. The fourth-order valence-electron chi connectivity index (χ4n) is 2.43. The molecule has 1 aliphatic rings. The van der Waals surface area contributed by atoms with E-state index in [1.807, 2.05) is 30.3 Å². The van der Waals surface area contributed by atoms with Gasteiger partial charge in [-0.25, -0.2) is 0 Å². The third-order valence-electron chi connectivity index (χ3n) is 3.36. The summed E-state index contributed by atoms with van der Waals surface area (Å²) in [6, 6.07) is 10.0. The van der Waals surface area contributed by atoms with E-state index in [0.29, 0.717) is 12.8 Å². The molecule has 2 nitrogen and oxygen atoms in total. The van der Waals surface area contributed by atoms with E-state index in [2.05, 4.69) is 0 Å². The summed E-state index contributed by atoms with van der Waals surface area (Å²) in [4.78, 5) is 23.0. The SMILES string of the molecule is CC(=O)C1CC(=O)CC(c2ccccc2)C1. The Morgan fingerprint density at radius 3 is 2.50 bits per heavy atom. The summed E-state index contributed by atoms with van der Waals surface area (Å²) >= 11 is 0. The van der Waals surface area contributed by atoms with Gasteiger partial charge >= 0.3 is 0 Å². The Bertz CT molecular complexity index is 394. The number of hydrogen-bond acceptors (Lipinski definition) is 2.